The van der Waals surface area contributed by atoms with E-state index in [4.69, 9.17) is 28.4 Å². The van der Waals surface area contributed by atoms with Crippen molar-refractivity contribution in [2.24, 2.45) is 0 Å². The zero-order valence-electron chi connectivity index (χ0n) is 18.8. The standard InChI is InChI=1S/C24H28O6/c1-13-9-17-16(12-20(27-5)24(30-8)22(17)28-6)21(14(13)2)15-10-18(25-3)23(29-7)19(11-15)26-4/h9-12H,1-8H3. The predicted molar refractivity (Wildman–Crippen MR) is 118 cm³/mol. The molecule has 0 bridgehead atoms. The van der Waals surface area contributed by atoms with Crippen molar-refractivity contribution in [1.82, 2.24) is 0 Å². The van der Waals surface area contributed by atoms with E-state index in [9.17, 15) is 0 Å². The van der Waals surface area contributed by atoms with Gasteiger partial charge in [0, 0.05) is 5.39 Å². The molecule has 0 radical (unpaired) electrons. The van der Waals surface area contributed by atoms with Crippen LogP contribution in [0, 0.1) is 13.8 Å². The quantitative estimate of drug-likeness (QED) is 0.533. The minimum atomic E-state index is 0.551. The maximum Gasteiger partial charge on any atom is 0.203 e. The van der Waals surface area contributed by atoms with Gasteiger partial charge in [0.05, 0.1) is 42.7 Å². The first-order chi connectivity index (χ1) is 14.4. The van der Waals surface area contributed by atoms with Gasteiger partial charge in [-0.05, 0) is 65.8 Å². The number of hydrogen-bond donors (Lipinski definition) is 0. The molecule has 0 spiro atoms. The molecule has 0 aliphatic heterocycles. The molecule has 0 unspecified atom stereocenters. The van der Waals surface area contributed by atoms with Crippen molar-refractivity contribution in [3.63, 3.8) is 0 Å². The van der Waals surface area contributed by atoms with E-state index < -0.39 is 0 Å². The van der Waals surface area contributed by atoms with Crippen LogP contribution in [-0.2, 0) is 0 Å². The van der Waals surface area contributed by atoms with Gasteiger partial charge in [0.2, 0.25) is 11.5 Å². The van der Waals surface area contributed by atoms with Crippen molar-refractivity contribution in [2.75, 3.05) is 42.7 Å². The third-order valence-electron chi connectivity index (χ3n) is 5.42. The first-order valence-electron chi connectivity index (χ1n) is 9.48. The third-order valence-corrected chi connectivity index (χ3v) is 5.42. The highest BCUT2D eigenvalue weighted by Gasteiger charge is 2.22. The van der Waals surface area contributed by atoms with E-state index in [0.717, 1.165) is 33.0 Å². The minimum Gasteiger partial charge on any atom is -0.493 e. The van der Waals surface area contributed by atoms with Gasteiger partial charge in [-0.15, -0.1) is 0 Å². The van der Waals surface area contributed by atoms with Crippen LogP contribution in [0.1, 0.15) is 11.1 Å². The SMILES string of the molecule is COc1cc(-c2c(C)c(C)cc3c(OC)c(OC)c(OC)cc23)cc(OC)c1OC. The van der Waals surface area contributed by atoms with Crippen LogP contribution < -0.4 is 28.4 Å². The van der Waals surface area contributed by atoms with E-state index in [1.165, 1.54) is 0 Å². The summed E-state index contributed by atoms with van der Waals surface area (Å²) in [6, 6.07) is 7.98. The number of benzene rings is 3. The summed E-state index contributed by atoms with van der Waals surface area (Å²) in [4.78, 5) is 0. The highest BCUT2D eigenvalue weighted by molar-refractivity contribution is 6.05. The van der Waals surface area contributed by atoms with Crippen LogP contribution in [0.3, 0.4) is 0 Å². The van der Waals surface area contributed by atoms with Gasteiger partial charge in [0.15, 0.2) is 23.0 Å². The monoisotopic (exact) mass is 412 g/mol. The molecule has 0 amide bonds. The van der Waals surface area contributed by atoms with E-state index in [-0.39, 0.29) is 0 Å². The van der Waals surface area contributed by atoms with Crippen LogP contribution in [0.25, 0.3) is 21.9 Å². The Balaban J connectivity index is 2.49. The second kappa shape index (κ2) is 8.61. The van der Waals surface area contributed by atoms with E-state index >= 15 is 0 Å². The Morgan fingerprint density at radius 3 is 1.47 bits per heavy atom. The Bertz CT molecular complexity index is 1060. The van der Waals surface area contributed by atoms with Gasteiger partial charge >= 0.3 is 0 Å². The third kappa shape index (κ3) is 3.32. The first kappa shape index (κ1) is 21.4. The van der Waals surface area contributed by atoms with Gasteiger partial charge in [0.25, 0.3) is 0 Å². The Labute approximate surface area is 177 Å². The van der Waals surface area contributed by atoms with Crippen LogP contribution >= 0.6 is 0 Å². The van der Waals surface area contributed by atoms with E-state index in [0.29, 0.717) is 34.5 Å². The molecular formula is C24H28O6. The fourth-order valence-corrected chi connectivity index (χ4v) is 3.85. The lowest BCUT2D eigenvalue weighted by Crippen LogP contribution is -2.00. The van der Waals surface area contributed by atoms with Crippen molar-refractivity contribution in [3.05, 3.63) is 35.4 Å². The number of aryl methyl sites for hydroxylation is 1. The lowest BCUT2D eigenvalue weighted by atomic mass is 9.89. The maximum absolute atomic E-state index is 5.73. The van der Waals surface area contributed by atoms with Crippen molar-refractivity contribution in [2.45, 2.75) is 13.8 Å². The molecule has 0 atom stereocenters. The number of methoxy groups -OCH3 is 6. The summed E-state index contributed by atoms with van der Waals surface area (Å²) < 4.78 is 33.5. The molecule has 0 heterocycles. The average Bonchev–Trinajstić information content (AvgIpc) is 2.77. The molecule has 3 rings (SSSR count). The lowest BCUT2D eigenvalue weighted by molar-refractivity contribution is 0.324. The van der Waals surface area contributed by atoms with Gasteiger partial charge in [-0.3, -0.25) is 0 Å². The Kier molecular flexibility index (Phi) is 6.15. The smallest absolute Gasteiger partial charge is 0.203 e. The largest absolute Gasteiger partial charge is 0.493 e. The van der Waals surface area contributed by atoms with Gasteiger partial charge in [-0.25, -0.2) is 0 Å². The molecule has 6 nitrogen and oxygen atoms in total. The molecule has 0 aliphatic carbocycles. The highest BCUT2D eigenvalue weighted by atomic mass is 16.5. The zero-order chi connectivity index (χ0) is 22.0. The molecular weight excluding hydrogens is 384 g/mol. The topological polar surface area (TPSA) is 55.4 Å². The summed E-state index contributed by atoms with van der Waals surface area (Å²) in [6.07, 6.45) is 0. The minimum absolute atomic E-state index is 0.551. The molecule has 0 fully saturated rings. The molecule has 3 aromatic carbocycles. The highest BCUT2D eigenvalue weighted by Crippen LogP contribution is 2.49. The predicted octanol–water partition coefficient (Wildman–Crippen LogP) is 5.18. The van der Waals surface area contributed by atoms with E-state index in [1.807, 2.05) is 18.2 Å². The molecule has 0 aliphatic rings. The molecule has 0 N–H and O–H groups in total. The molecule has 6 heteroatoms. The van der Waals surface area contributed by atoms with Gasteiger partial charge in [0.1, 0.15) is 0 Å². The number of rotatable bonds is 7. The fourth-order valence-electron chi connectivity index (χ4n) is 3.85. The molecule has 0 saturated carbocycles. The van der Waals surface area contributed by atoms with Crippen molar-refractivity contribution in [3.8, 4) is 45.6 Å². The molecule has 30 heavy (non-hydrogen) atoms. The van der Waals surface area contributed by atoms with E-state index in [1.54, 1.807) is 42.7 Å². The summed E-state index contributed by atoms with van der Waals surface area (Å²) in [7, 11) is 9.66. The zero-order valence-corrected chi connectivity index (χ0v) is 18.8. The number of ether oxygens (including phenoxy) is 6. The van der Waals surface area contributed by atoms with Crippen LogP contribution in [0.5, 0.6) is 34.5 Å². The average molecular weight is 412 g/mol. The molecule has 0 aromatic heterocycles. The Hall–Kier alpha value is -3.28. The van der Waals surface area contributed by atoms with Crippen LogP contribution in [0.15, 0.2) is 24.3 Å². The summed E-state index contributed by atoms with van der Waals surface area (Å²) in [5.74, 6) is 3.52. The number of hydrogen-bond acceptors (Lipinski definition) is 6. The van der Waals surface area contributed by atoms with Gasteiger partial charge < -0.3 is 28.4 Å². The van der Waals surface area contributed by atoms with E-state index in [2.05, 4.69) is 19.9 Å². The molecule has 0 saturated heterocycles. The summed E-state index contributed by atoms with van der Waals surface area (Å²) in [5, 5.41) is 1.91. The van der Waals surface area contributed by atoms with Crippen LogP contribution in [0.4, 0.5) is 0 Å². The fraction of sp³-hybridized carbons (Fsp3) is 0.333. The Morgan fingerprint density at radius 2 is 1.00 bits per heavy atom. The second-order valence-electron chi connectivity index (χ2n) is 6.85. The molecule has 160 valence electrons. The molecule has 3 aromatic rings. The van der Waals surface area contributed by atoms with Crippen molar-refractivity contribution in [1.29, 1.82) is 0 Å². The van der Waals surface area contributed by atoms with Gasteiger partial charge in [-0.1, -0.05) is 0 Å². The Morgan fingerprint density at radius 1 is 0.500 bits per heavy atom. The summed E-state index contributed by atoms with van der Waals surface area (Å²) in [5.41, 5.74) is 4.22. The maximum atomic E-state index is 5.73. The van der Waals surface area contributed by atoms with Crippen LogP contribution in [0.2, 0.25) is 0 Å². The first-order valence-corrected chi connectivity index (χ1v) is 9.48. The van der Waals surface area contributed by atoms with Gasteiger partial charge in [-0.2, -0.15) is 0 Å². The van der Waals surface area contributed by atoms with Crippen molar-refractivity contribution >= 4 is 10.8 Å². The summed E-state index contributed by atoms with van der Waals surface area (Å²) >= 11 is 0. The summed E-state index contributed by atoms with van der Waals surface area (Å²) in [6.45, 7) is 4.17. The lowest BCUT2D eigenvalue weighted by Gasteiger charge is -2.21. The normalized spacial score (nSPS) is 10.7. The van der Waals surface area contributed by atoms with Crippen LogP contribution in [-0.4, -0.2) is 42.7 Å². The van der Waals surface area contributed by atoms with Crippen molar-refractivity contribution < 1.29 is 28.4 Å². The second-order valence-corrected chi connectivity index (χ2v) is 6.85. The number of fused-ring (bicyclic) bond motifs is 1.